The molecular weight excluding hydrogens is 380 g/mol. The predicted octanol–water partition coefficient (Wildman–Crippen LogP) is 3.87. The number of carbonyl (C=O) groups excluding carboxylic acids is 1. The fourth-order valence-corrected chi connectivity index (χ4v) is 2.59. The number of aromatic amines is 1. The maximum Gasteiger partial charge on any atom is 0.434 e. The van der Waals surface area contributed by atoms with Crippen LogP contribution in [0.25, 0.3) is 10.9 Å². The van der Waals surface area contributed by atoms with Crippen molar-refractivity contribution in [2.75, 3.05) is 13.2 Å². The highest BCUT2D eigenvalue weighted by atomic mass is 19.4. The summed E-state index contributed by atoms with van der Waals surface area (Å²) in [5.74, 6) is 0. The smallest absolute Gasteiger partial charge is 0.434 e. The van der Waals surface area contributed by atoms with E-state index in [2.05, 4.69) is 9.72 Å². The van der Waals surface area contributed by atoms with Crippen molar-refractivity contribution in [1.82, 2.24) is 15.6 Å². The van der Waals surface area contributed by atoms with Crippen LogP contribution < -0.4 is 10.6 Å². The van der Waals surface area contributed by atoms with E-state index in [1.54, 1.807) is 24.3 Å². The van der Waals surface area contributed by atoms with Gasteiger partial charge in [0.15, 0.2) is 0 Å². The van der Waals surface area contributed by atoms with Crippen molar-refractivity contribution in [3.8, 4) is 0 Å². The molecule has 3 N–H and O–H groups in total. The van der Waals surface area contributed by atoms with Crippen molar-refractivity contribution in [3.05, 3.63) is 36.0 Å². The van der Waals surface area contributed by atoms with Gasteiger partial charge in [-0.15, -0.1) is 0 Å². The second kappa shape index (κ2) is 7.67. The van der Waals surface area contributed by atoms with Crippen LogP contribution in [0, 0.1) is 0 Å². The van der Waals surface area contributed by atoms with Crippen LogP contribution in [0.3, 0.4) is 0 Å². The summed E-state index contributed by atoms with van der Waals surface area (Å²) < 4.78 is 84.2. The maximum atomic E-state index is 13.3. The highest BCUT2D eigenvalue weighted by molar-refractivity contribution is 5.83. The summed E-state index contributed by atoms with van der Waals surface area (Å²) in [6.45, 7) is 0.174. The number of halogens is 6. The molecule has 27 heavy (non-hydrogen) atoms. The van der Waals surface area contributed by atoms with Gasteiger partial charge in [0, 0.05) is 23.6 Å². The molecule has 0 atom stereocenters. The van der Waals surface area contributed by atoms with E-state index in [1.165, 1.54) is 18.4 Å². The number of benzene rings is 1. The average Bonchev–Trinajstić information content (AvgIpc) is 2.95. The van der Waals surface area contributed by atoms with Crippen molar-refractivity contribution >= 4 is 17.0 Å². The van der Waals surface area contributed by atoms with Gasteiger partial charge in [-0.1, -0.05) is 18.2 Å². The molecule has 5 nitrogen and oxygen atoms in total. The number of alkyl carbamates (subject to hydrolysis) is 1. The van der Waals surface area contributed by atoms with Crippen LogP contribution in [-0.4, -0.2) is 42.2 Å². The van der Waals surface area contributed by atoms with Gasteiger partial charge < -0.3 is 9.72 Å². The quantitative estimate of drug-likeness (QED) is 0.512. The fourth-order valence-electron chi connectivity index (χ4n) is 2.59. The molecule has 2 rings (SSSR count). The summed E-state index contributed by atoms with van der Waals surface area (Å²) >= 11 is 0. The fraction of sp³-hybridized carbons (Fsp3) is 0.438. The Bertz CT molecular complexity index is 770. The number of fused-ring (bicyclic) bond motifs is 1. The number of rotatable bonds is 6. The Balaban J connectivity index is 2.24. The molecule has 1 heterocycles. The lowest BCUT2D eigenvalue weighted by Gasteiger charge is -2.38. The molecule has 11 heteroatoms. The van der Waals surface area contributed by atoms with Crippen molar-refractivity contribution in [1.29, 1.82) is 0 Å². The second-order valence-corrected chi connectivity index (χ2v) is 5.63. The third-order valence-electron chi connectivity index (χ3n) is 3.87. The van der Waals surface area contributed by atoms with Crippen LogP contribution in [0.15, 0.2) is 30.5 Å². The molecule has 0 saturated carbocycles. The lowest BCUT2D eigenvalue weighted by Crippen LogP contribution is -2.75. The lowest BCUT2D eigenvalue weighted by molar-refractivity contribution is -0.315. The zero-order valence-corrected chi connectivity index (χ0v) is 14.1. The number of hydrogen-bond acceptors (Lipinski definition) is 3. The molecule has 1 aromatic heterocycles. The van der Waals surface area contributed by atoms with Gasteiger partial charge in [-0.05, 0) is 25.0 Å². The van der Waals surface area contributed by atoms with Gasteiger partial charge >= 0.3 is 18.4 Å². The first-order valence-corrected chi connectivity index (χ1v) is 7.90. The minimum atomic E-state index is -5.85. The molecule has 0 aliphatic carbocycles. The SMILES string of the molecule is CCOC(=O)NC(NCCc1c[nH]c2ccccc12)(C(F)(F)F)C(F)(F)F. The lowest BCUT2D eigenvalue weighted by atomic mass is 10.1. The molecule has 0 unspecified atom stereocenters. The molecule has 0 aliphatic rings. The van der Waals surface area contributed by atoms with E-state index in [0.717, 1.165) is 5.32 Å². The molecule has 150 valence electrons. The predicted molar refractivity (Wildman–Crippen MR) is 85.0 cm³/mol. The van der Waals surface area contributed by atoms with Crippen LogP contribution in [0.4, 0.5) is 31.1 Å². The number of aromatic nitrogens is 1. The maximum absolute atomic E-state index is 13.3. The van der Waals surface area contributed by atoms with Crippen LogP contribution in [0.5, 0.6) is 0 Å². The number of H-pyrrole nitrogens is 1. The molecule has 1 amide bonds. The number of carbonyl (C=O) groups is 1. The zero-order valence-electron chi connectivity index (χ0n) is 14.1. The summed E-state index contributed by atoms with van der Waals surface area (Å²) in [7, 11) is 0. The molecule has 0 aliphatic heterocycles. The number of alkyl halides is 6. The van der Waals surface area contributed by atoms with Gasteiger partial charge in [0.05, 0.1) is 6.61 Å². The summed E-state index contributed by atoms with van der Waals surface area (Å²) in [5.41, 5.74) is -3.39. The first-order chi connectivity index (χ1) is 12.5. The Morgan fingerprint density at radius 3 is 2.33 bits per heavy atom. The van der Waals surface area contributed by atoms with E-state index in [4.69, 9.17) is 0 Å². The van der Waals surface area contributed by atoms with E-state index in [9.17, 15) is 31.1 Å². The topological polar surface area (TPSA) is 66.2 Å². The second-order valence-electron chi connectivity index (χ2n) is 5.63. The van der Waals surface area contributed by atoms with E-state index in [1.807, 2.05) is 0 Å². The number of para-hydroxylation sites is 1. The van der Waals surface area contributed by atoms with Crippen LogP contribution in [0.1, 0.15) is 12.5 Å². The van der Waals surface area contributed by atoms with Gasteiger partial charge in [-0.25, -0.2) is 4.79 Å². The standard InChI is InChI=1S/C16H17F6N3O2/c1-2-27-13(26)25-14(15(17,18)19,16(20,21)22)24-8-7-10-9-23-12-6-4-3-5-11(10)12/h3-6,9,23-24H,2,7-8H2,1H3,(H,25,26). The van der Waals surface area contributed by atoms with E-state index in [0.29, 0.717) is 16.5 Å². The van der Waals surface area contributed by atoms with Gasteiger partial charge in [-0.2, -0.15) is 26.3 Å². The van der Waals surface area contributed by atoms with E-state index >= 15 is 0 Å². The molecule has 0 fully saturated rings. The minimum absolute atomic E-state index is 0.136. The molecule has 0 spiro atoms. The molecule has 0 saturated heterocycles. The van der Waals surface area contributed by atoms with Crippen molar-refractivity contribution in [2.24, 2.45) is 0 Å². The molecule has 1 aromatic carbocycles. The van der Waals surface area contributed by atoms with Crippen LogP contribution in [-0.2, 0) is 11.2 Å². The van der Waals surface area contributed by atoms with Gasteiger partial charge in [0.25, 0.3) is 5.66 Å². The zero-order chi connectivity index (χ0) is 20.3. The Kier molecular flexibility index (Phi) is 5.93. The molecule has 0 radical (unpaired) electrons. The van der Waals surface area contributed by atoms with Gasteiger partial charge in [-0.3, -0.25) is 10.6 Å². The summed E-state index contributed by atoms with van der Waals surface area (Å²) in [5, 5.41) is 3.01. The third-order valence-corrected chi connectivity index (χ3v) is 3.87. The van der Waals surface area contributed by atoms with Crippen molar-refractivity contribution in [3.63, 3.8) is 0 Å². The summed E-state index contributed by atoms with van der Waals surface area (Å²) in [4.78, 5) is 14.2. The minimum Gasteiger partial charge on any atom is -0.450 e. The number of hydrogen-bond donors (Lipinski definition) is 3. The average molecular weight is 397 g/mol. The summed E-state index contributed by atoms with van der Waals surface area (Å²) in [6.07, 6.45) is -12.2. The van der Waals surface area contributed by atoms with Gasteiger partial charge in [0.2, 0.25) is 0 Å². The Labute approximate surface area is 150 Å². The van der Waals surface area contributed by atoms with Crippen LogP contribution >= 0.6 is 0 Å². The Morgan fingerprint density at radius 1 is 1.11 bits per heavy atom. The normalized spacial score (nSPS) is 13.0. The number of ether oxygens (including phenoxy) is 1. The summed E-state index contributed by atoms with van der Waals surface area (Å²) in [6, 6.07) is 6.86. The van der Waals surface area contributed by atoms with Crippen LogP contribution in [0.2, 0.25) is 0 Å². The molecule has 2 aromatic rings. The third kappa shape index (κ3) is 4.29. The van der Waals surface area contributed by atoms with Crippen molar-refractivity contribution in [2.45, 2.75) is 31.4 Å². The monoisotopic (exact) mass is 397 g/mol. The van der Waals surface area contributed by atoms with E-state index in [-0.39, 0.29) is 13.0 Å². The van der Waals surface area contributed by atoms with E-state index < -0.39 is 30.7 Å². The number of amides is 1. The van der Waals surface area contributed by atoms with Crippen molar-refractivity contribution < 1.29 is 35.9 Å². The first-order valence-electron chi connectivity index (χ1n) is 7.90. The molecular formula is C16H17F6N3O2. The Morgan fingerprint density at radius 2 is 1.74 bits per heavy atom. The Hall–Kier alpha value is -2.43. The van der Waals surface area contributed by atoms with Gasteiger partial charge in [0.1, 0.15) is 0 Å². The highest BCUT2D eigenvalue weighted by Crippen LogP contribution is 2.41. The largest absolute Gasteiger partial charge is 0.450 e. The first kappa shape index (κ1) is 20.9. The number of nitrogens with one attached hydrogen (secondary N) is 3. The molecule has 0 bridgehead atoms. The highest BCUT2D eigenvalue weighted by Gasteiger charge is 2.72.